The predicted molar refractivity (Wildman–Crippen MR) is 51.6 cm³/mol. The first-order valence-corrected chi connectivity index (χ1v) is 4.41. The molecular weight excluding hydrogens is 229 g/mol. The van der Waals surface area contributed by atoms with Gasteiger partial charge >= 0.3 is 6.18 Å². The molecule has 82 valence electrons. The van der Waals surface area contributed by atoms with Crippen LogP contribution in [0.3, 0.4) is 0 Å². The van der Waals surface area contributed by atoms with Gasteiger partial charge < -0.3 is 5.11 Å². The maximum atomic E-state index is 12.3. The summed E-state index contributed by atoms with van der Waals surface area (Å²) in [6.07, 6.45) is -4.28. The first-order chi connectivity index (χ1) is 6.86. The summed E-state index contributed by atoms with van der Waals surface area (Å²) in [6.45, 7) is 3.32. The molecule has 0 aliphatic carbocycles. The fourth-order valence-corrected chi connectivity index (χ4v) is 1.38. The summed E-state index contributed by atoms with van der Waals surface area (Å²) in [5.74, 6) is 0. The monoisotopic (exact) mass is 236 g/mol. The van der Waals surface area contributed by atoms with Crippen LogP contribution in [0.25, 0.3) is 0 Å². The Morgan fingerprint density at radius 2 is 2.00 bits per heavy atom. The van der Waals surface area contributed by atoms with Crippen LogP contribution in [-0.4, -0.2) is 5.11 Å². The van der Waals surface area contributed by atoms with Crippen LogP contribution in [0.2, 0.25) is 5.02 Å². The van der Waals surface area contributed by atoms with Gasteiger partial charge in [0, 0.05) is 0 Å². The molecule has 1 N–H and O–H groups in total. The van der Waals surface area contributed by atoms with E-state index in [1.807, 2.05) is 0 Å². The zero-order chi connectivity index (χ0) is 11.6. The van der Waals surface area contributed by atoms with Crippen molar-refractivity contribution in [3.05, 3.63) is 47.0 Å². The molecule has 0 saturated carbocycles. The standard InChI is InChI=1S/C10H8ClF3O/c1-2-9(15)6-3-4-7(8(11)5-6)10(12,13)14/h2-5,9,15H,1H2. The summed E-state index contributed by atoms with van der Waals surface area (Å²) in [5.41, 5.74) is -0.632. The van der Waals surface area contributed by atoms with Gasteiger partial charge in [-0.05, 0) is 17.7 Å². The van der Waals surface area contributed by atoms with Gasteiger partial charge in [0.15, 0.2) is 0 Å². The average Bonchev–Trinajstić information content (AvgIpc) is 2.14. The molecule has 0 bridgehead atoms. The maximum absolute atomic E-state index is 12.3. The van der Waals surface area contributed by atoms with Crippen LogP contribution in [0.5, 0.6) is 0 Å². The Kier molecular flexibility index (Phi) is 3.42. The Balaban J connectivity index is 3.14. The second kappa shape index (κ2) is 4.24. The van der Waals surface area contributed by atoms with Gasteiger partial charge in [-0.15, -0.1) is 6.58 Å². The van der Waals surface area contributed by atoms with Crippen LogP contribution in [0.4, 0.5) is 13.2 Å². The molecule has 1 aromatic carbocycles. The molecule has 0 fully saturated rings. The molecule has 0 spiro atoms. The SMILES string of the molecule is C=CC(O)c1ccc(C(F)(F)F)c(Cl)c1. The first kappa shape index (κ1) is 12.1. The first-order valence-electron chi connectivity index (χ1n) is 4.03. The number of benzene rings is 1. The van der Waals surface area contributed by atoms with Gasteiger partial charge in [-0.3, -0.25) is 0 Å². The normalized spacial score (nSPS) is 13.7. The number of aliphatic hydroxyl groups excluding tert-OH is 1. The summed E-state index contributed by atoms with van der Waals surface area (Å²) >= 11 is 5.45. The topological polar surface area (TPSA) is 20.2 Å². The summed E-state index contributed by atoms with van der Waals surface area (Å²) in [4.78, 5) is 0. The largest absolute Gasteiger partial charge is 0.417 e. The highest BCUT2D eigenvalue weighted by atomic mass is 35.5. The third kappa shape index (κ3) is 2.73. The molecule has 0 heterocycles. The van der Waals surface area contributed by atoms with Crippen molar-refractivity contribution in [2.75, 3.05) is 0 Å². The number of rotatable bonds is 2. The maximum Gasteiger partial charge on any atom is 0.417 e. The van der Waals surface area contributed by atoms with Crippen molar-refractivity contribution in [3.8, 4) is 0 Å². The van der Waals surface area contributed by atoms with E-state index in [-0.39, 0.29) is 5.56 Å². The number of aliphatic hydroxyl groups is 1. The fraction of sp³-hybridized carbons (Fsp3) is 0.200. The molecule has 1 aromatic rings. The highest BCUT2D eigenvalue weighted by Gasteiger charge is 2.33. The second-order valence-electron chi connectivity index (χ2n) is 2.92. The minimum absolute atomic E-state index is 0.281. The molecular formula is C10H8ClF3O. The van der Waals surface area contributed by atoms with Crippen LogP contribution < -0.4 is 0 Å². The van der Waals surface area contributed by atoms with E-state index in [1.54, 1.807) is 0 Å². The molecule has 0 aliphatic rings. The summed E-state index contributed by atoms with van der Waals surface area (Å²) in [7, 11) is 0. The molecule has 1 nitrogen and oxygen atoms in total. The van der Waals surface area contributed by atoms with Gasteiger partial charge in [-0.25, -0.2) is 0 Å². The Labute approximate surface area is 89.8 Å². The predicted octanol–water partition coefficient (Wildman–Crippen LogP) is 3.58. The van der Waals surface area contributed by atoms with Crippen molar-refractivity contribution in [2.45, 2.75) is 12.3 Å². The zero-order valence-corrected chi connectivity index (χ0v) is 8.31. The van der Waals surface area contributed by atoms with E-state index >= 15 is 0 Å². The van der Waals surface area contributed by atoms with E-state index in [9.17, 15) is 18.3 Å². The second-order valence-corrected chi connectivity index (χ2v) is 3.32. The van der Waals surface area contributed by atoms with Crippen molar-refractivity contribution in [3.63, 3.8) is 0 Å². The molecule has 0 saturated heterocycles. The van der Waals surface area contributed by atoms with Crippen molar-refractivity contribution >= 4 is 11.6 Å². The highest BCUT2D eigenvalue weighted by molar-refractivity contribution is 6.31. The van der Waals surface area contributed by atoms with Gasteiger partial charge in [-0.2, -0.15) is 13.2 Å². The van der Waals surface area contributed by atoms with Gasteiger partial charge in [-0.1, -0.05) is 23.7 Å². The van der Waals surface area contributed by atoms with Crippen LogP contribution >= 0.6 is 11.6 Å². The Bertz CT molecular complexity index is 373. The van der Waals surface area contributed by atoms with Crippen molar-refractivity contribution in [1.29, 1.82) is 0 Å². The van der Waals surface area contributed by atoms with Crippen molar-refractivity contribution in [1.82, 2.24) is 0 Å². The molecule has 5 heteroatoms. The molecule has 0 radical (unpaired) electrons. The van der Waals surface area contributed by atoms with E-state index < -0.39 is 22.9 Å². The summed E-state index contributed by atoms with van der Waals surface area (Å²) in [6, 6.07) is 3.09. The van der Waals surface area contributed by atoms with Crippen LogP contribution in [-0.2, 0) is 6.18 Å². The van der Waals surface area contributed by atoms with E-state index in [4.69, 9.17) is 11.6 Å². The minimum atomic E-state index is -4.48. The Morgan fingerprint density at radius 3 is 2.40 bits per heavy atom. The number of hydrogen-bond donors (Lipinski definition) is 1. The number of hydrogen-bond acceptors (Lipinski definition) is 1. The minimum Gasteiger partial charge on any atom is -0.384 e. The van der Waals surface area contributed by atoms with Gasteiger partial charge in [0.2, 0.25) is 0 Å². The van der Waals surface area contributed by atoms with Crippen molar-refractivity contribution < 1.29 is 18.3 Å². The van der Waals surface area contributed by atoms with Crippen LogP contribution in [0.1, 0.15) is 17.2 Å². The third-order valence-corrected chi connectivity index (χ3v) is 2.18. The molecule has 1 unspecified atom stereocenters. The summed E-state index contributed by atoms with van der Waals surface area (Å²) in [5, 5.41) is 8.86. The average molecular weight is 237 g/mol. The molecule has 0 amide bonds. The van der Waals surface area contributed by atoms with Crippen LogP contribution in [0, 0.1) is 0 Å². The lowest BCUT2D eigenvalue weighted by molar-refractivity contribution is -0.137. The Morgan fingerprint density at radius 1 is 1.40 bits per heavy atom. The van der Waals surface area contributed by atoms with Crippen molar-refractivity contribution in [2.24, 2.45) is 0 Å². The Hall–Kier alpha value is -1.00. The lowest BCUT2D eigenvalue weighted by Crippen LogP contribution is -2.06. The van der Waals surface area contributed by atoms with Gasteiger partial charge in [0.1, 0.15) is 0 Å². The number of alkyl halides is 3. The van der Waals surface area contributed by atoms with Crippen LogP contribution in [0.15, 0.2) is 30.9 Å². The molecule has 1 rings (SSSR count). The molecule has 0 aromatic heterocycles. The fourth-order valence-electron chi connectivity index (χ4n) is 1.08. The van der Waals surface area contributed by atoms with E-state index in [0.717, 1.165) is 12.1 Å². The molecule has 1 atom stereocenters. The molecule has 0 aliphatic heterocycles. The van der Waals surface area contributed by atoms with Gasteiger partial charge in [0.25, 0.3) is 0 Å². The highest BCUT2D eigenvalue weighted by Crippen LogP contribution is 2.35. The van der Waals surface area contributed by atoms with E-state index in [0.29, 0.717) is 0 Å². The smallest absolute Gasteiger partial charge is 0.384 e. The lowest BCUT2D eigenvalue weighted by atomic mass is 10.1. The lowest BCUT2D eigenvalue weighted by Gasteiger charge is -2.11. The third-order valence-electron chi connectivity index (χ3n) is 1.86. The molecule has 15 heavy (non-hydrogen) atoms. The van der Waals surface area contributed by atoms with E-state index in [1.165, 1.54) is 12.1 Å². The number of halogens is 4. The van der Waals surface area contributed by atoms with E-state index in [2.05, 4.69) is 6.58 Å². The zero-order valence-electron chi connectivity index (χ0n) is 7.55. The van der Waals surface area contributed by atoms with Gasteiger partial charge in [0.05, 0.1) is 16.7 Å². The quantitative estimate of drug-likeness (QED) is 0.779. The summed E-state index contributed by atoms with van der Waals surface area (Å²) < 4.78 is 36.9.